The first-order valence-electron chi connectivity index (χ1n) is 11.1. The highest BCUT2D eigenvalue weighted by Gasteiger charge is 2.17. The number of unbranched alkanes of at least 4 members (excludes halogenated alkanes) is 1. The molecule has 1 amide bonds. The zero-order valence-electron chi connectivity index (χ0n) is 18.6. The highest BCUT2D eigenvalue weighted by Crippen LogP contribution is 2.27. The van der Waals surface area contributed by atoms with E-state index in [1.165, 1.54) is 23.5 Å². The Labute approximate surface area is 205 Å². The summed E-state index contributed by atoms with van der Waals surface area (Å²) in [7, 11) is 0. The summed E-state index contributed by atoms with van der Waals surface area (Å²) in [6.45, 7) is 3.04. The fourth-order valence-electron chi connectivity index (χ4n) is 3.71. The van der Waals surface area contributed by atoms with Crippen LogP contribution in [0.15, 0.2) is 70.0 Å². The van der Waals surface area contributed by atoms with Gasteiger partial charge in [-0.15, -0.1) is 15.3 Å². The van der Waals surface area contributed by atoms with Gasteiger partial charge in [0.25, 0.3) is 0 Å². The van der Waals surface area contributed by atoms with E-state index in [2.05, 4.69) is 43.3 Å². The number of carbonyl (C=O) groups excluding carboxylic acids is 1. The lowest BCUT2D eigenvalue weighted by molar-refractivity contribution is -0.117. The van der Waals surface area contributed by atoms with Gasteiger partial charge in [-0.1, -0.05) is 85.4 Å². The van der Waals surface area contributed by atoms with Gasteiger partial charge >= 0.3 is 0 Å². The van der Waals surface area contributed by atoms with E-state index in [1.807, 2.05) is 48.5 Å². The van der Waals surface area contributed by atoms with E-state index in [-0.39, 0.29) is 11.7 Å². The lowest BCUT2D eigenvalue weighted by Gasteiger charge is -2.12. The van der Waals surface area contributed by atoms with Crippen molar-refractivity contribution in [2.45, 2.75) is 31.5 Å². The molecule has 0 saturated heterocycles. The molecule has 3 heterocycles. The maximum absolute atomic E-state index is 12.5. The van der Waals surface area contributed by atoms with E-state index in [0.29, 0.717) is 16.1 Å². The molecule has 4 aromatic rings. The minimum absolute atomic E-state index is 0.164. The van der Waals surface area contributed by atoms with Gasteiger partial charge in [0.15, 0.2) is 10.8 Å². The third-order valence-corrected chi connectivity index (χ3v) is 7.10. The molecule has 0 fully saturated rings. The predicted octanol–water partition coefficient (Wildman–Crippen LogP) is 4.50. The molecular weight excluding hydrogens is 466 g/mol. The molecule has 0 aliphatic carbocycles. The standard InChI is InChI=1S/C24H23N7OS2/c1-2-3-13-31-19-12-8-7-11-17(19)21-22(31)26-24(30-28-21)34-15-20(32)25-23-29-27-18(14-33-23)16-9-5-4-6-10-16/h4-12H,2-3,13-15H2,1H3,(H,25,29,32). The van der Waals surface area contributed by atoms with Gasteiger partial charge in [0.2, 0.25) is 11.1 Å². The Morgan fingerprint density at radius 2 is 1.91 bits per heavy atom. The molecule has 172 valence electrons. The van der Waals surface area contributed by atoms with Crippen molar-refractivity contribution in [1.29, 1.82) is 0 Å². The summed E-state index contributed by atoms with van der Waals surface area (Å²) < 4.78 is 2.20. The summed E-state index contributed by atoms with van der Waals surface area (Å²) in [6, 6.07) is 18.1. The highest BCUT2D eigenvalue weighted by molar-refractivity contribution is 8.14. The number of para-hydroxylation sites is 1. The molecule has 5 rings (SSSR count). The van der Waals surface area contributed by atoms with E-state index < -0.39 is 0 Å². The van der Waals surface area contributed by atoms with Crippen LogP contribution in [0.1, 0.15) is 25.3 Å². The van der Waals surface area contributed by atoms with Crippen molar-refractivity contribution in [3.8, 4) is 0 Å². The van der Waals surface area contributed by atoms with E-state index in [9.17, 15) is 4.79 Å². The Hall–Kier alpha value is -3.24. The second kappa shape index (κ2) is 10.4. The lowest BCUT2D eigenvalue weighted by atomic mass is 10.1. The number of hydrogen-bond donors (Lipinski definition) is 1. The molecule has 0 saturated carbocycles. The largest absolute Gasteiger partial charge is 0.324 e. The van der Waals surface area contributed by atoms with Gasteiger partial charge in [0.05, 0.1) is 17.0 Å². The van der Waals surface area contributed by atoms with Crippen LogP contribution in [0.5, 0.6) is 0 Å². The fraction of sp³-hybridized carbons (Fsp3) is 0.250. The van der Waals surface area contributed by atoms with E-state index in [0.717, 1.165) is 52.7 Å². The van der Waals surface area contributed by atoms with Crippen molar-refractivity contribution >= 4 is 62.4 Å². The molecule has 2 aromatic heterocycles. The van der Waals surface area contributed by atoms with Crippen LogP contribution >= 0.6 is 23.5 Å². The highest BCUT2D eigenvalue weighted by atomic mass is 32.2. The molecule has 0 radical (unpaired) electrons. The first kappa shape index (κ1) is 22.5. The van der Waals surface area contributed by atoms with Crippen LogP contribution in [0.25, 0.3) is 22.1 Å². The first-order valence-corrected chi connectivity index (χ1v) is 13.1. The topological polar surface area (TPSA) is 97.4 Å². The average molecular weight is 490 g/mol. The van der Waals surface area contributed by atoms with Crippen LogP contribution in [0.4, 0.5) is 0 Å². The minimum atomic E-state index is -0.176. The number of rotatable bonds is 7. The molecule has 8 nitrogen and oxygen atoms in total. The molecule has 34 heavy (non-hydrogen) atoms. The quantitative estimate of drug-likeness (QED) is 0.384. The monoisotopic (exact) mass is 489 g/mol. The maximum atomic E-state index is 12.5. The molecule has 10 heteroatoms. The summed E-state index contributed by atoms with van der Waals surface area (Å²) >= 11 is 2.72. The molecule has 1 aliphatic heterocycles. The van der Waals surface area contributed by atoms with Crippen LogP contribution in [0, 0.1) is 0 Å². The number of nitrogens with one attached hydrogen (secondary N) is 1. The Balaban J connectivity index is 1.27. The molecule has 1 aliphatic rings. The van der Waals surface area contributed by atoms with Gasteiger partial charge < -0.3 is 9.88 Å². The molecule has 2 aromatic carbocycles. The van der Waals surface area contributed by atoms with Crippen molar-refractivity contribution in [2.75, 3.05) is 11.5 Å². The van der Waals surface area contributed by atoms with Crippen molar-refractivity contribution in [2.24, 2.45) is 10.2 Å². The molecule has 0 unspecified atom stereocenters. The number of hydrogen-bond acceptors (Lipinski definition) is 8. The fourth-order valence-corrected chi connectivity index (χ4v) is 5.08. The van der Waals surface area contributed by atoms with Crippen molar-refractivity contribution in [3.05, 3.63) is 60.2 Å². The zero-order valence-corrected chi connectivity index (χ0v) is 20.3. The van der Waals surface area contributed by atoms with Crippen molar-refractivity contribution < 1.29 is 4.79 Å². The second-order valence-corrected chi connectivity index (χ2v) is 9.64. The lowest BCUT2D eigenvalue weighted by Crippen LogP contribution is -2.31. The van der Waals surface area contributed by atoms with Crippen molar-refractivity contribution in [1.82, 2.24) is 25.1 Å². The summed E-state index contributed by atoms with van der Waals surface area (Å²) in [6.07, 6.45) is 2.14. The number of aromatic nitrogens is 4. The number of nitrogens with zero attached hydrogens (tertiary/aromatic N) is 6. The molecule has 0 spiro atoms. The molecule has 0 atom stereocenters. The summed E-state index contributed by atoms with van der Waals surface area (Å²) in [5.74, 6) is 0.643. The number of carbonyl (C=O) groups is 1. The Bertz CT molecular complexity index is 1400. The Morgan fingerprint density at radius 3 is 2.71 bits per heavy atom. The van der Waals surface area contributed by atoms with Gasteiger partial charge in [-0.05, 0) is 18.1 Å². The number of fused-ring (bicyclic) bond motifs is 3. The van der Waals surface area contributed by atoms with Crippen LogP contribution in [0.2, 0.25) is 0 Å². The van der Waals surface area contributed by atoms with Gasteiger partial charge in [0.1, 0.15) is 5.52 Å². The Kier molecular flexibility index (Phi) is 6.87. The van der Waals surface area contributed by atoms with Crippen LogP contribution in [-0.2, 0) is 11.3 Å². The van der Waals surface area contributed by atoms with Gasteiger partial charge in [-0.25, -0.2) is 4.98 Å². The molecule has 1 N–H and O–H groups in total. The van der Waals surface area contributed by atoms with Gasteiger partial charge in [-0.2, -0.15) is 5.10 Å². The predicted molar refractivity (Wildman–Crippen MR) is 139 cm³/mol. The summed E-state index contributed by atoms with van der Waals surface area (Å²) in [5.41, 5.74) is 4.64. The maximum Gasteiger partial charge on any atom is 0.236 e. The second-order valence-electron chi connectivity index (χ2n) is 7.73. The minimum Gasteiger partial charge on any atom is -0.324 e. The number of thioether (sulfide) groups is 2. The average Bonchev–Trinajstić information content (AvgIpc) is 3.20. The third kappa shape index (κ3) is 4.83. The Morgan fingerprint density at radius 1 is 1.09 bits per heavy atom. The first-order chi connectivity index (χ1) is 16.7. The van der Waals surface area contributed by atoms with Gasteiger partial charge in [0, 0.05) is 17.7 Å². The SMILES string of the molecule is CCCCn1c2ccccc2c2nnc(SCC(=O)NC3=NN=C(c4ccccc4)CS3)nc21. The van der Waals surface area contributed by atoms with Crippen LogP contribution < -0.4 is 5.32 Å². The van der Waals surface area contributed by atoms with E-state index in [4.69, 9.17) is 4.98 Å². The third-order valence-electron chi connectivity index (χ3n) is 5.38. The zero-order chi connectivity index (χ0) is 23.3. The van der Waals surface area contributed by atoms with Crippen molar-refractivity contribution in [3.63, 3.8) is 0 Å². The number of benzene rings is 2. The number of amidine groups is 1. The summed E-state index contributed by atoms with van der Waals surface area (Å²) in [5, 5.41) is 22.0. The van der Waals surface area contributed by atoms with E-state index in [1.54, 1.807) is 0 Å². The van der Waals surface area contributed by atoms with Crippen LogP contribution in [0.3, 0.4) is 0 Å². The number of aryl methyl sites for hydroxylation is 1. The van der Waals surface area contributed by atoms with Crippen LogP contribution in [-0.4, -0.2) is 48.0 Å². The summed E-state index contributed by atoms with van der Waals surface area (Å²) in [4.78, 5) is 17.2. The van der Waals surface area contributed by atoms with Gasteiger partial charge in [-0.3, -0.25) is 4.79 Å². The number of amides is 1. The van der Waals surface area contributed by atoms with E-state index >= 15 is 0 Å². The normalized spacial score (nSPS) is 13.7. The smallest absolute Gasteiger partial charge is 0.236 e. The molecule has 0 bridgehead atoms. The molecular formula is C24H23N7OS2.